The van der Waals surface area contributed by atoms with E-state index in [9.17, 15) is 9.59 Å². The number of nitrogens with two attached hydrogens (primary N) is 1. The fourth-order valence-electron chi connectivity index (χ4n) is 3.42. The second-order valence-electron chi connectivity index (χ2n) is 7.57. The Morgan fingerprint density at radius 3 is 2.57 bits per heavy atom. The summed E-state index contributed by atoms with van der Waals surface area (Å²) in [4.78, 5) is 28.3. The Morgan fingerprint density at radius 2 is 1.97 bits per heavy atom. The minimum absolute atomic E-state index is 0. The molecule has 8 heteroatoms. The van der Waals surface area contributed by atoms with Gasteiger partial charge in [-0.2, -0.15) is 0 Å². The van der Waals surface area contributed by atoms with Gasteiger partial charge in [-0.1, -0.05) is 13.3 Å². The first-order chi connectivity index (χ1) is 13.9. The average molecular weight is 452 g/mol. The molecule has 0 fully saturated rings. The topological polar surface area (TPSA) is 84.7 Å². The first-order valence-electron chi connectivity index (χ1n) is 10.1. The first-order valence-corrected chi connectivity index (χ1v) is 10.9. The van der Waals surface area contributed by atoms with E-state index in [2.05, 4.69) is 31.0 Å². The van der Waals surface area contributed by atoms with E-state index >= 15 is 0 Å². The second kappa shape index (κ2) is 10.8. The number of anilines is 1. The molecule has 0 radical (unpaired) electrons. The van der Waals surface area contributed by atoms with E-state index in [1.807, 2.05) is 0 Å². The van der Waals surface area contributed by atoms with E-state index in [4.69, 9.17) is 10.5 Å². The van der Waals surface area contributed by atoms with E-state index < -0.39 is 5.91 Å². The van der Waals surface area contributed by atoms with E-state index in [-0.39, 0.29) is 18.3 Å². The highest BCUT2D eigenvalue weighted by atomic mass is 35.5. The van der Waals surface area contributed by atoms with Gasteiger partial charge in [-0.3, -0.25) is 14.5 Å². The van der Waals surface area contributed by atoms with Gasteiger partial charge in [-0.15, -0.1) is 23.7 Å². The molecule has 3 rings (SSSR count). The normalized spacial score (nSPS) is 13.5. The van der Waals surface area contributed by atoms with Crippen molar-refractivity contribution in [3.8, 4) is 5.75 Å². The van der Waals surface area contributed by atoms with Crippen LogP contribution in [-0.4, -0.2) is 35.9 Å². The SMILES string of the molecule is CCCCOc1ccc(C(=O)Nc2sc3c(c2C(N)=O)CCN(C(C)C)C3)cc1.Cl. The lowest BCUT2D eigenvalue weighted by atomic mass is 10.0. The molecule has 0 spiro atoms. The fourth-order valence-corrected chi connectivity index (χ4v) is 4.70. The number of primary amides is 1. The van der Waals surface area contributed by atoms with Gasteiger partial charge >= 0.3 is 0 Å². The zero-order valence-electron chi connectivity index (χ0n) is 17.7. The molecule has 2 aromatic rings. The highest BCUT2D eigenvalue weighted by Gasteiger charge is 2.28. The predicted molar refractivity (Wildman–Crippen MR) is 124 cm³/mol. The Labute approximate surface area is 188 Å². The quantitative estimate of drug-likeness (QED) is 0.580. The van der Waals surface area contributed by atoms with Gasteiger partial charge < -0.3 is 15.8 Å². The molecule has 1 aromatic carbocycles. The Hall–Kier alpha value is -2.09. The number of carbonyl (C=O) groups is 2. The van der Waals surface area contributed by atoms with Gasteiger partial charge in [-0.05, 0) is 56.5 Å². The molecular formula is C22H30ClN3O3S. The van der Waals surface area contributed by atoms with Crippen molar-refractivity contribution in [2.24, 2.45) is 5.73 Å². The third kappa shape index (κ3) is 5.53. The van der Waals surface area contributed by atoms with Gasteiger partial charge in [-0.25, -0.2) is 0 Å². The summed E-state index contributed by atoms with van der Waals surface area (Å²) in [6, 6.07) is 7.47. The van der Waals surface area contributed by atoms with Crippen LogP contribution >= 0.6 is 23.7 Å². The summed E-state index contributed by atoms with van der Waals surface area (Å²) in [5, 5.41) is 3.44. The number of halogens is 1. The van der Waals surface area contributed by atoms with Crippen LogP contribution in [0.3, 0.4) is 0 Å². The molecule has 3 N–H and O–H groups in total. The van der Waals surface area contributed by atoms with E-state index in [1.54, 1.807) is 24.3 Å². The summed E-state index contributed by atoms with van der Waals surface area (Å²) in [5.74, 6) is -0.00409. The number of amides is 2. The van der Waals surface area contributed by atoms with Crippen molar-refractivity contribution in [2.75, 3.05) is 18.5 Å². The standard InChI is InChI=1S/C22H29N3O3S.ClH/c1-4-5-12-28-16-8-6-15(7-9-16)21(27)24-22-19(20(23)26)17-10-11-25(14(2)3)13-18(17)29-22;/h6-9,14H,4-5,10-13H2,1-3H3,(H2,23,26)(H,24,27);1H. The molecule has 164 valence electrons. The molecule has 0 saturated heterocycles. The number of benzene rings is 1. The van der Waals surface area contributed by atoms with Crippen LogP contribution in [0.1, 0.15) is 64.8 Å². The van der Waals surface area contributed by atoms with Gasteiger partial charge in [0.05, 0.1) is 12.2 Å². The van der Waals surface area contributed by atoms with Crippen molar-refractivity contribution >= 4 is 40.6 Å². The largest absolute Gasteiger partial charge is 0.494 e. The molecule has 1 aliphatic heterocycles. The highest BCUT2D eigenvalue weighted by molar-refractivity contribution is 7.17. The first kappa shape index (κ1) is 24.2. The summed E-state index contributed by atoms with van der Waals surface area (Å²) < 4.78 is 5.64. The van der Waals surface area contributed by atoms with Crippen LogP contribution in [-0.2, 0) is 13.0 Å². The molecule has 0 bridgehead atoms. The third-order valence-corrected chi connectivity index (χ3v) is 6.31. The smallest absolute Gasteiger partial charge is 0.256 e. The number of thiophene rings is 1. The minimum Gasteiger partial charge on any atom is -0.494 e. The van der Waals surface area contributed by atoms with Gasteiger partial charge in [0.1, 0.15) is 10.8 Å². The van der Waals surface area contributed by atoms with Crippen LogP contribution in [0, 0.1) is 0 Å². The summed E-state index contributed by atoms with van der Waals surface area (Å²) in [6.07, 6.45) is 2.83. The van der Waals surface area contributed by atoms with Gasteiger partial charge in [0, 0.05) is 29.6 Å². The van der Waals surface area contributed by atoms with Crippen LogP contribution in [0.15, 0.2) is 24.3 Å². The third-order valence-electron chi connectivity index (χ3n) is 5.17. The molecule has 1 aromatic heterocycles. The molecule has 0 aliphatic carbocycles. The van der Waals surface area contributed by atoms with E-state index in [1.165, 1.54) is 11.3 Å². The molecule has 2 amide bonds. The van der Waals surface area contributed by atoms with Crippen molar-refractivity contribution in [3.05, 3.63) is 45.8 Å². The lowest BCUT2D eigenvalue weighted by molar-refractivity contribution is 0.0999. The van der Waals surface area contributed by atoms with Gasteiger partial charge in [0.2, 0.25) is 0 Å². The average Bonchev–Trinajstić information content (AvgIpc) is 3.05. The molecule has 1 aliphatic rings. The maximum atomic E-state index is 12.7. The van der Waals surface area contributed by atoms with Crippen molar-refractivity contribution in [1.82, 2.24) is 4.90 Å². The maximum Gasteiger partial charge on any atom is 0.256 e. The second-order valence-corrected chi connectivity index (χ2v) is 8.67. The monoisotopic (exact) mass is 451 g/mol. The minimum atomic E-state index is -0.490. The Balaban J connectivity index is 0.00000320. The summed E-state index contributed by atoms with van der Waals surface area (Å²) in [5.41, 5.74) is 7.61. The van der Waals surface area contributed by atoms with Crippen LogP contribution in [0.2, 0.25) is 0 Å². The zero-order valence-corrected chi connectivity index (χ0v) is 19.3. The maximum absolute atomic E-state index is 12.7. The summed E-state index contributed by atoms with van der Waals surface area (Å²) in [7, 11) is 0. The Bertz CT molecular complexity index is 880. The van der Waals surface area contributed by atoms with Crippen molar-refractivity contribution in [1.29, 1.82) is 0 Å². The molecule has 0 saturated carbocycles. The Morgan fingerprint density at radius 1 is 1.27 bits per heavy atom. The lowest BCUT2D eigenvalue weighted by Gasteiger charge is -2.30. The number of rotatable bonds is 8. The highest BCUT2D eigenvalue weighted by Crippen LogP contribution is 2.37. The van der Waals surface area contributed by atoms with Crippen molar-refractivity contribution < 1.29 is 14.3 Å². The number of hydrogen-bond donors (Lipinski definition) is 2. The predicted octanol–water partition coefficient (Wildman–Crippen LogP) is 4.47. The number of ether oxygens (including phenoxy) is 1. The van der Waals surface area contributed by atoms with E-state index in [0.717, 1.165) is 48.5 Å². The van der Waals surface area contributed by atoms with Crippen molar-refractivity contribution in [3.63, 3.8) is 0 Å². The molecule has 0 atom stereocenters. The lowest BCUT2D eigenvalue weighted by Crippen LogP contribution is -2.35. The molecular weight excluding hydrogens is 422 g/mol. The van der Waals surface area contributed by atoms with Crippen molar-refractivity contribution in [2.45, 2.75) is 52.6 Å². The van der Waals surface area contributed by atoms with Crippen LogP contribution in [0.5, 0.6) is 5.75 Å². The summed E-state index contributed by atoms with van der Waals surface area (Å²) in [6.45, 7) is 8.75. The molecule has 2 heterocycles. The number of nitrogens with zero attached hydrogens (tertiary/aromatic N) is 1. The molecule has 6 nitrogen and oxygen atoms in total. The zero-order chi connectivity index (χ0) is 21.0. The number of nitrogens with one attached hydrogen (secondary N) is 1. The number of carbonyl (C=O) groups excluding carboxylic acids is 2. The molecule has 0 unspecified atom stereocenters. The van der Waals surface area contributed by atoms with Crippen LogP contribution < -0.4 is 15.8 Å². The van der Waals surface area contributed by atoms with Gasteiger partial charge in [0.15, 0.2) is 0 Å². The number of hydrogen-bond acceptors (Lipinski definition) is 5. The Kier molecular flexibility index (Phi) is 8.70. The number of unbranched alkanes of at least 4 members (excludes halogenated alkanes) is 1. The van der Waals surface area contributed by atoms with Crippen LogP contribution in [0.4, 0.5) is 5.00 Å². The molecule has 30 heavy (non-hydrogen) atoms. The van der Waals surface area contributed by atoms with Crippen LogP contribution in [0.25, 0.3) is 0 Å². The van der Waals surface area contributed by atoms with Gasteiger partial charge in [0.25, 0.3) is 11.8 Å². The van der Waals surface area contributed by atoms with E-state index in [0.29, 0.717) is 28.8 Å². The fraction of sp³-hybridized carbons (Fsp3) is 0.455. The number of fused-ring (bicyclic) bond motifs is 1. The summed E-state index contributed by atoms with van der Waals surface area (Å²) >= 11 is 1.45.